The van der Waals surface area contributed by atoms with Gasteiger partial charge in [0.15, 0.2) is 0 Å². The third-order valence-electron chi connectivity index (χ3n) is 3.21. The van der Waals surface area contributed by atoms with E-state index in [-0.39, 0.29) is 22.9 Å². The molecule has 2 amide bonds. The van der Waals surface area contributed by atoms with Gasteiger partial charge in [-0.05, 0) is 45.0 Å². The summed E-state index contributed by atoms with van der Waals surface area (Å²) in [6.07, 6.45) is 0. The Labute approximate surface area is 130 Å². The maximum Gasteiger partial charge on any atom is 0.251 e. The maximum atomic E-state index is 12.0. The van der Waals surface area contributed by atoms with Crippen LogP contribution in [0.25, 0.3) is 0 Å². The molecule has 1 aliphatic heterocycles. The lowest BCUT2D eigenvalue weighted by Gasteiger charge is -2.21. The van der Waals surface area contributed by atoms with Gasteiger partial charge in [-0.15, -0.1) is 0 Å². The molecule has 6 nitrogen and oxygen atoms in total. The lowest BCUT2D eigenvalue weighted by atomic mass is 10.1. The van der Waals surface area contributed by atoms with E-state index < -0.39 is 21.8 Å². The van der Waals surface area contributed by atoms with E-state index in [1.807, 2.05) is 20.8 Å². The molecule has 1 atom stereocenters. The number of carbonyl (C=O) groups is 2. The summed E-state index contributed by atoms with van der Waals surface area (Å²) in [4.78, 5) is 24.0. The highest BCUT2D eigenvalue weighted by Crippen LogP contribution is 2.28. The van der Waals surface area contributed by atoms with Gasteiger partial charge in [0.1, 0.15) is 0 Å². The number of nitrogens with zero attached hydrogens (tertiary/aromatic N) is 1. The van der Waals surface area contributed by atoms with Crippen LogP contribution in [-0.2, 0) is 14.8 Å². The van der Waals surface area contributed by atoms with Gasteiger partial charge in [0.25, 0.3) is 5.91 Å². The topological polar surface area (TPSA) is 83.6 Å². The Bertz CT molecular complexity index is 702. The van der Waals surface area contributed by atoms with Crippen LogP contribution in [0.1, 0.15) is 38.1 Å². The number of benzene rings is 1. The molecule has 1 aromatic rings. The number of nitrogens with one attached hydrogen (secondary N) is 1. The summed E-state index contributed by atoms with van der Waals surface area (Å²) < 4.78 is 24.9. The number of sulfonamides is 1. The average molecular weight is 324 g/mol. The van der Waals surface area contributed by atoms with Gasteiger partial charge in [-0.3, -0.25) is 9.59 Å². The smallest absolute Gasteiger partial charge is 0.251 e. The molecule has 7 heteroatoms. The van der Waals surface area contributed by atoms with Gasteiger partial charge in [-0.25, -0.2) is 12.7 Å². The van der Waals surface area contributed by atoms with Crippen LogP contribution in [0, 0.1) is 5.92 Å². The molecule has 0 spiro atoms. The first kappa shape index (κ1) is 16.5. The molecule has 1 heterocycles. The highest BCUT2D eigenvalue weighted by molar-refractivity contribution is 7.94. The van der Waals surface area contributed by atoms with Crippen molar-refractivity contribution in [2.24, 2.45) is 5.92 Å². The van der Waals surface area contributed by atoms with E-state index in [4.69, 9.17) is 0 Å². The van der Waals surface area contributed by atoms with Crippen LogP contribution < -0.4 is 9.62 Å². The third kappa shape index (κ3) is 3.30. The number of carbonyl (C=O) groups excluding carboxylic acids is 2. The molecule has 1 aromatic carbocycles. The maximum absolute atomic E-state index is 12.0. The molecular weight excluding hydrogens is 304 g/mol. The second-order valence-electron chi connectivity index (χ2n) is 6.53. The van der Waals surface area contributed by atoms with Gasteiger partial charge < -0.3 is 5.32 Å². The predicted molar refractivity (Wildman–Crippen MR) is 84.1 cm³/mol. The summed E-state index contributed by atoms with van der Waals surface area (Å²) in [5, 5.41) is 2.82. The van der Waals surface area contributed by atoms with E-state index in [9.17, 15) is 18.0 Å². The fraction of sp³-hybridized carbons (Fsp3) is 0.467. The molecule has 1 N–H and O–H groups in total. The minimum Gasteiger partial charge on any atom is -0.347 e. The summed E-state index contributed by atoms with van der Waals surface area (Å²) in [6.45, 7) is 7.20. The van der Waals surface area contributed by atoms with Crippen molar-refractivity contribution in [1.82, 2.24) is 5.32 Å². The molecule has 120 valence electrons. The first-order valence-corrected chi connectivity index (χ1v) is 8.61. The van der Waals surface area contributed by atoms with Crippen molar-refractivity contribution in [2.75, 3.05) is 10.1 Å². The average Bonchev–Trinajstić information content (AvgIpc) is 2.56. The predicted octanol–water partition coefficient (Wildman–Crippen LogP) is 1.53. The Morgan fingerprint density at radius 2 is 1.77 bits per heavy atom. The van der Waals surface area contributed by atoms with Gasteiger partial charge in [-0.1, -0.05) is 6.92 Å². The first-order chi connectivity index (χ1) is 10.0. The highest BCUT2D eigenvalue weighted by atomic mass is 32.2. The van der Waals surface area contributed by atoms with Crippen LogP contribution in [0.2, 0.25) is 0 Å². The van der Waals surface area contributed by atoms with Gasteiger partial charge in [0.05, 0.1) is 17.4 Å². The SMILES string of the molecule is CC1CS(=O)(=O)N(c2ccc(C(=O)NC(C)(C)C)cc2)C1=O. The second kappa shape index (κ2) is 5.39. The summed E-state index contributed by atoms with van der Waals surface area (Å²) >= 11 is 0. The molecule has 2 rings (SSSR count). The Morgan fingerprint density at radius 3 is 2.18 bits per heavy atom. The lowest BCUT2D eigenvalue weighted by molar-refractivity contribution is -0.119. The zero-order valence-electron chi connectivity index (χ0n) is 13.1. The van der Waals surface area contributed by atoms with Crippen molar-refractivity contribution in [3.05, 3.63) is 29.8 Å². The molecule has 1 saturated heterocycles. The molecule has 0 bridgehead atoms. The van der Waals surface area contributed by atoms with E-state index in [1.165, 1.54) is 24.3 Å². The largest absolute Gasteiger partial charge is 0.347 e. The molecule has 0 saturated carbocycles. The van der Waals surface area contributed by atoms with Gasteiger partial charge in [0, 0.05) is 11.1 Å². The molecule has 0 aromatic heterocycles. The molecule has 1 unspecified atom stereocenters. The highest BCUT2D eigenvalue weighted by Gasteiger charge is 2.41. The Balaban J connectivity index is 2.26. The number of amides is 2. The van der Waals surface area contributed by atoms with Crippen LogP contribution in [0.5, 0.6) is 0 Å². The van der Waals surface area contributed by atoms with Crippen molar-refractivity contribution < 1.29 is 18.0 Å². The second-order valence-corrected chi connectivity index (χ2v) is 8.40. The van der Waals surface area contributed by atoms with E-state index in [1.54, 1.807) is 6.92 Å². The quantitative estimate of drug-likeness (QED) is 0.894. The summed E-state index contributed by atoms with van der Waals surface area (Å²) in [7, 11) is -3.62. The van der Waals surface area contributed by atoms with E-state index in [0.29, 0.717) is 5.56 Å². The van der Waals surface area contributed by atoms with Crippen LogP contribution in [0.15, 0.2) is 24.3 Å². The number of hydrogen-bond donors (Lipinski definition) is 1. The van der Waals surface area contributed by atoms with Crippen LogP contribution in [0.3, 0.4) is 0 Å². The van der Waals surface area contributed by atoms with Crippen molar-refractivity contribution >= 4 is 27.5 Å². The summed E-state index contributed by atoms with van der Waals surface area (Å²) in [6, 6.07) is 5.99. The fourth-order valence-electron chi connectivity index (χ4n) is 2.25. The van der Waals surface area contributed by atoms with Gasteiger partial charge >= 0.3 is 0 Å². The Kier molecular flexibility index (Phi) is 4.04. The monoisotopic (exact) mass is 324 g/mol. The Hall–Kier alpha value is -1.89. The molecule has 1 aliphatic rings. The van der Waals surface area contributed by atoms with E-state index in [2.05, 4.69) is 5.32 Å². The zero-order chi connectivity index (χ0) is 16.7. The molecular formula is C15H20N2O4S. The third-order valence-corrected chi connectivity index (χ3v) is 5.08. The fourth-order valence-corrected chi connectivity index (χ4v) is 4.07. The lowest BCUT2D eigenvalue weighted by Crippen LogP contribution is -2.40. The Morgan fingerprint density at radius 1 is 1.23 bits per heavy atom. The van der Waals surface area contributed by atoms with E-state index >= 15 is 0 Å². The standard InChI is InChI=1S/C15H20N2O4S/c1-10-9-22(20,21)17(14(10)19)12-7-5-11(6-8-12)13(18)16-15(2,3)4/h5-8,10H,9H2,1-4H3,(H,16,18). The van der Waals surface area contributed by atoms with Crippen LogP contribution >= 0.6 is 0 Å². The number of anilines is 1. The normalized spacial score (nSPS) is 21.0. The molecule has 0 aliphatic carbocycles. The first-order valence-electron chi connectivity index (χ1n) is 7.01. The zero-order valence-corrected chi connectivity index (χ0v) is 13.9. The van der Waals surface area contributed by atoms with Gasteiger partial charge in [-0.2, -0.15) is 0 Å². The summed E-state index contributed by atoms with van der Waals surface area (Å²) in [5.41, 5.74) is 0.317. The van der Waals surface area contributed by atoms with Crippen molar-refractivity contribution in [3.8, 4) is 0 Å². The minimum absolute atomic E-state index is 0.182. The van der Waals surface area contributed by atoms with Crippen molar-refractivity contribution in [2.45, 2.75) is 33.2 Å². The molecule has 0 radical (unpaired) electrons. The van der Waals surface area contributed by atoms with Gasteiger partial charge in [0.2, 0.25) is 15.9 Å². The molecule has 1 fully saturated rings. The van der Waals surface area contributed by atoms with Crippen LogP contribution in [-0.4, -0.2) is 31.5 Å². The van der Waals surface area contributed by atoms with Crippen molar-refractivity contribution in [1.29, 1.82) is 0 Å². The van der Waals surface area contributed by atoms with E-state index in [0.717, 1.165) is 4.31 Å². The number of rotatable bonds is 2. The minimum atomic E-state index is -3.62. The van der Waals surface area contributed by atoms with Crippen LogP contribution in [0.4, 0.5) is 5.69 Å². The van der Waals surface area contributed by atoms with Crippen molar-refractivity contribution in [3.63, 3.8) is 0 Å². The molecule has 22 heavy (non-hydrogen) atoms. The summed E-state index contributed by atoms with van der Waals surface area (Å²) in [5.74, 6) is -1.42. The number of hydrogen-bond acceptors (Lipinski definition) is 4.